The minimum absolute atomic E-state index is 0.486. The highest BCUT2D eigenvalue weighted by atomic mass is 32.1. The molecule has 0 fully saturated rings. The number of nitrogens with zero attached hydrogens (tertiary/aromatic N) is 3. The van der Waals surface area contributed by atoms with E-state index in [0.717, 1.165) is 37.3 Å². The molecule has 0 aromatic carbocycles. The van der Waals surface area contributed by atoms with E-state index < -0.39 is 0 Å². The Kier molecular flexibility index (Phi) is 5.10. The maximum atomic E-state index is 4.63. The second-order valence-corrected chi connectivity index (χ2v) is 6.00. The molecule has 4 nitrogen and oxygen atoms in total. The average Bonchev–Trinajstić information content (AvgIpc) is 2.98. The smallest absolute Gasteiger partial charge is 0.0953 e. The Morgan fingerprint density at radius 1 is 1.37 bits per heavy atom. The molecule has 1 N–H and O–H groups in total. The van der Waals surface area contributed by atoms with E-state index in [1.165, 1.54) is 5.01 Å². The third kappa shape index (κ3) is 4.44. The molecular weight excluding hydrogens is 256 g/mol. The molecule has 0 saturated carbocycles. The summed E-state index contributed by atoms with van der Waals surface area (Å²) < 4.78 is 2.10. The zero-order valence-electron chi connectivity index (χ0n) is 11.9. The highest BCUT2D eigenvalue weighted by Crippen LogP contribution is 2.13. The van der Waals surface area contributed by atoms with Gasteiger partial charge in [-0.1, -0.05) is 20.8 Å². The minimum Gasteiger partial charge on any atom is -0.331 e. The molecule has 2 rings (SSSR count). The molecule has 0 aliphatic carbocycles. The number of rotatable bonds is 7. The van der Waals surface area contributed by atoms with Gasteiger partial charge >= 0.3 is 0 Å². The first-order valence-corrected chi connectivity index (χ1v) is 7.72. The largest absolute Gasteiger partial charge is 0.331 e. The van der Waals surface area contributed by atoms with Crippen LogP contribution in [0.15, 0.2) is 17.9 Å². The first-order chi connectivity index (χ1) is 9.17. The van der Waals surface area contributed by atoms with E-state index in [2.05, 4.69) is 52.2 Å². The summed E-state index contributed by atoms with van der Waals surface area (Å²) in [7, 11) is 0. The van der Waals surface area contributed by atoms with Gasteiger partial charge in [0.1, 0.15) is 0 Å². The Morgan fingerprint density at radius 3 is 2.95 bits per heavy atom. The van der Waals surface area contributed by atoms with Crippen LogP contribution in [0.4, 0.5) is 0 Å². The van der Waals surface area contributed by atoms with Gasteiger partial charge in [0.25, 0.3) is 0 Å². The number of aryl methyl sites for hydroxylation is 1. The molecule has 104 valence electrons. The zero-order valence-corrected chi connectivity index (χ0v) is 12.7. The normalized spacial score (nSPS) is 11.4. The number of nitrogens with one attached hydrogen (secondary N) is 1. The predicted molar refractivity (Wildman–Crippen MR) is 79.4 cm³/mol. The number of hydrogen-bond acceptors (Lipinski definition) is 4. The van der Waals surface area contributed by atoms with Crippen molar-refractivity contribution in [3.8, 4) is 0 Å². The van der Waals surface area contributed by atoms with Gasteiger partial charge < -0.3 is 9.88 Å². The van der Waals surface area contributed by atoms with Gasteiger partial charge in [-0.2, -0.15) is 0 Å². The van der Waals surface area contributed by atoms with Crippen LogP contribution in [0.3, 0.4) is 0 Å². The van der Waals surface area contributed by atoms with Crippen LogP contribution in [0.2, 0.25) is 0 Å². The van der Waals surface area contributed by atoms with Gasteiger partial charge in [0.15, 0.2) is 0 Å². The van der Waals surface area contributed by atoms with Crippen molar-refractivity contribution in [1.82, 2.24) is 19.9 Å². The standard InChI is InChI=1S/C14H22N4S/c1-4-5-14-17-13(9-19-14)8-18-7-12(16-10-18)6-15-11(2)3/h7,9-11,15H,4-6,8H2,1-3H3. The Morgan fingerprint density at radius 2 is 2.21 bits per heavy atom. The number of thiazole rings is 1. The van der Waals surface area contributed by atoms with Crippen molar-refractivity contribution < 1.29 is 0 Å². The van der Waals surface area contributed by atoms with Crippen molar-refractivity contribution in [1.29, 1.82) is 0 Å². The van der Waals surface area contributed by atoms with E-state index in [-0.39, 0.29) is 0 Å². The van der Waals surface area contributed by atoms with Gasteiger partial charge in [0, 0.05) is 24.2 Å². The van der Waals surface area contributed by atoms with Crippen molar-refractivity contribution >= 4 is 11.3 Å². The van der Waals surface area contributed by atoms with Crippen LogP contribution in [0.25, 0.3) is 0 Å². The van der Waals surface area contributed by atoms with E-state index in [0.29, 0.717) is 6.04 Å². The molecule has 0 atom stereocenters. The van der Waals surface area contributed by atoms with Crippen LogP contribution in [-0.4, -0.2) is 20.6 Å². The van der Waals surface area contributed by atoms with Gasteiger partial charge in [-0.3, -0.25) is 0 Å². The zero-order chi connectivity index (χ0) is 13.7. The molecule has 0 spiro atoms. The van der Waals surface area contributed by atoms with E-state index in [9.17, 15) is 0 Å². The topological polar surface area (TPSA) is 42.7 Å². The van der Waals surface area contributed by atoms with Crippen molar-refractivity contribution in [2.45, 2.75) is 52.7 Å². The fraction of sp³-hybridized carbons (Fsp3) is 0.571. The Hall–Kier alpha value is -1.20. The lowest BCUT2D eigenvalue weighted by molar-refractivity contribution is 0.582. The molecule has 0 unspecified atom stereocenters. The van der Waals surface area contributed by atoms with Crippen LogP contribution in [0.1, 0.15) is 43.6 Å². The minimum atomic E-state index is 0.486. The second-order valence-electron chi connectivity index (χ2n) is 5.06. The second kappa shape index (κ2) is 6.82. The van der Waals surface area contributed by atoms with Crippen LogP contribution < -0.4 is 5.32 Å². The molecule has 19 heavy (non-hydrogen) atoms. The molecule has 0 aliphatic heterocycles. The SMILES string of the molecule is CCCc1nc(Cn2cnc(CNC(C)C)c2)cs1. The van der Waals surface area contributed by atoms with Crippen LogP contribution in [0.5, 0.6) is 0 Å². The maximum Gasteiger partial charge on any atom is 0.0953 e. The van der Waals surface area contributed by atoms with Gasteiger partial charge in [-0.25, -0.2) is 9.97 Å². The molecular formula is C14H22N4S. The van der Waals surface area contributed by atoms with Crippen LogP contribution in [0, 0.1) is 0 Å². The third-order valence-corrected chi connectivity index (χ3v) is 3.74. The van der Waals surface area contributed by atoms with E-state index in [1.54, 1.807) is 11.3 Å². The number of aromatic nitrogens is 3. The van der Waals surface area contributed by atoms with Crippen molar-refractivity contribution in [3.63, 3.8) is 0 Å². The molecule has 0 aliphatic rings. The van der Waals surface area contributed by atoms with E-state index in [4.69, 9.17) is 0 Å². The highest BCUT2D eigenvalue weighted by Gasteiger charge is 2.04. The first kappa shape index (κ1) is 14.2. The summed E-state index contributed by atoms with van der Waals surface area (Å²) in [6, 6.07) is 0.486. The molecule has 0 radical (unpaired) electrons. The fourth-order valence-corrected chi connectivity index (χ4v) is 2.72. The summed E-state index contributed by atoms with van der Waals surface area (Å²) in [6.45, 7) is 8.10. The maximum absolute atomic E-state index is 4.63. The molecule has 2 aromatic rings. The molecule has 2 heterocycles. The summed E-state index contributed by atoms with van der Waals surface area (Å²) in [4.78, 5) is 9.04. The molecule has 0 amide bonds. The molecule has 5 heteroatoms. The van der Waals surface area contributed by atoms with E-state index >= 15 is 0 Å². The van der Waals surface area contributed by atoms with Crippen molar-refractivity contribution in [2.75, 3.05) is 0 Å². The monoisotopic (exact) mass is 278 g/mol. The van der Waals surface area contributed by atoms with E-state index in [1.807, 2.05) is 6.33 Å². The summed E-state index contributed by atoms with van der Waals surface area (Å²) in [5.74, 6) is 0. The Balaban J connectivity index is 1.91. The summed E-state index contributed by atoms with van der Waals surface area (Å²) in [5, 5.41) is 6.76. The Bertz CT molecular complexity index is 501. The lowest BCUT2D eigenvalue weighted by Crippen LogP contribution is -2.21. The Labute approximate surface area is 118 Å². The van der Waals surface area contributed by atoms with Crippen LogP contribution in [-0.2, 0) is 19.5 Å². The first-order valence-electron chi connectivity index (χ1n) is 6.84. The summed E-state index contributed by atoms with van der Waals surface area (Å²) >= 11 is 1.76. The molecule has 2 aromatic heterocycles. The lowest BCUT2D eigenvalue weighted by atomic mass is 10.3. The van der Waals surface area contributed by atoms with Crippen molar-refractivity contribution in [3.05, 3.63) is 34.3 Å². The molecule has 0 bridgehead atoms. The average molecular weight is 278 g/mol. The summed E-state index contributed by atoms with van der Waals surface area (Å²) in [6.07, 6.45) is 6.21. The quantitative estimate of drug-likeness (QED) is 0.847. The predicted octanol–water partition coefficient (Wildman–Crippen LogP) is 2.84. The third-order valence-electron chi connectivity index (χ3n) is 2.79. The fourth-order valence-electron chi connectivity index (χ4n) is 1.83. The van der Waals surface area contributed by atoms with Crippen molar-refractivity contribution in [2.24, 2.45) is 0 Å². The van der Waals surface area contributed by atoms with Gasteiger partial charge in [-0.15, -0.1) is 11.3 Å². The highest BCUT2D eigenvalue weighted by molar-refractivity contribution is 7.09. The van der Waals surface area contributed by atoms with Gasteiger partial charge in [0.05, 0.1) is 29.3 Å². The number of hydrogen-bond donors (Lipinski definition) is 1. The number of imidazole rings is 1. The summed E-state index contributed by atoms with van der Waals surface area (Å²) in [5.41, 5.74) is 2.21. The van der Waals surface area contributed by atoms with Crippen LogP contribution >= 0.6 is 11.3 Å². The van der Waals surface area contributed by atoms with Gasteiger partial charge in [0.2, 0.25) is 0 Å². The van der Waals surface area contributed by atoms with Gasteiger partial charge in [-0.05, 0) is 12.8 Å². The molecule has 0 saturated heterocycles. The lowest BCUT2D eigenvalue weighted by Gasteiger charge is -2.04.